The predicted molar refractivity (Wildman–Crippen MR) is 103 cm³/mol. The van der Waals surface area contributed by atoms with Crippen LogP contribution >= 0.6 is 11.3 Å². The van der Waals surface area contributed by atoms with Crippen LogP contribution in [0, 0.1) is 0 Å². The fourth-order valence-corrected chi connectivity index (χ4v) is 4.69. The van der Waals surface area contributed by atoms with Gasteiger partial charge in [-0.2, -0.15) is 0 Å². The van der Waals surface area contributed by atoms with Crippen LogP contribution in [0.4, 0.5) is 0 Å². The molecule has 0 unspecified atom stereocenters. The van der Waals surface area contributed by atoms with Gasteiger partial charge in [-0.3, -0.25) is 9.38 Å². The molecule has 24 heavy (non-hydrogen) atoms. The lowest BCUT2D eigenvalue weighted by molar-refractivity contribution is 1.17. The molecule has 116 valence electrons. The Morgan fingerprint density at radius 3 is 2.58 bits per heavy atom. The minimum Gasteiger partial charge on any atom is -0.283 e. The number of imidazole rings is 1. The predicted octanol–water partition coefficient (Wildman–Crippen LogP) is 3.85. The Bertz CT molecular complexity index is 1370. The van der Waals surface area contributed by atoms with E-state index in [4.69, 9.17) is 4.98 Å². The molecule has 0 fully saturated rings. The third-order valence-electron chi connectivity index (χ3n) is 4.57. The number of aromatic nitrogens is 3. The molecular formula is C20H15N3S. The average Bonchev–Trinajstić information content (AvgIpc) is 3.17. The van der Waals surface area contributed by atoms with E-state index >= 15 is 0 Å². The molecule has 5 aromatic rings. The van der Waals surface area contributed by atoms with Gasteiger partial charge in [0.1, 0.15) is 21.5 Å². The van der Waals surface area contributed by atoms with Crippen LogP contribution in [0.3, 0.4) is 0 Å². The van der Waals surface area contributed by atoms with Crippen molar-refractivity contribution in [2.45, 2.75) is 13.8 Å². The summed E-state index contributed by atoms with van der Waals surface area (Å²) in [5.74, 6) is 0. The van der Waals surface area contributed by atoms with E-state index in [1.165, 1.54) is 30.9 Å². The van der Waals surface area contributed by atoms with Crippen LogP contribution in [0.5, 0.6) is 0 Å². The molecule has 4 aromatic heterocycles. The quantitative estimate of drug-likeness (QED) is 0.432. The van der Waals surface area contributed by atoms with Crippen molar-refractivity contribution in [3.05, 3.63) is 53.2 Å². The molecule has 0 radical (unpaired) electrons. The second-order valence-corrected chi connectivity index (χ2v) is 6.83. The zero-order valence-electron chi connectivity index (χ0n) is 13.4. The molecule has 5 rings (SSSR count). The molecule has 4 heterocycles. The van der Waals surface area contributed by atoms with Crippen LogP contribution in [0.1, 0.15) is 13.8 Å². The van der Waals surface area contributed by atoms with Gasteiger partial charge in [0, 0.05) is 16.8 Å². The van der Waals surface area contributed by atoms with Gasteiger partial charge < -0.3 is 0 Å². The van der Waals surface area contributed by atoms with Crippen molar-refractivity contribution in [3.8, 4) is 0 Å². The third-order valence-corrected chi connectivity index (χ3v) is 5.69. The minimum absolute atomic E-state index is 0.995. The molecule has 0 bridgehead atoms. The first-order chi connectivity index (χ1) is 11.8. The molecule has 0 saturated heterocycles. The number of hydrogen-bond donors (Lipinski definition) is 0. The topological polar surface area (TPSA) is 30.2 Å². The van der Waals surface area contributed by atoms with Crippen molar-refractivity contribution < 1.29 is 0 Å². The maximum absolute atomic E-state index is 4.99. The summed E-state index contributed by atoms with van der Waals surface area (Å²) >= 11 is 1.76. The first-order valence-electron chi connectivity index (χ1n) is 8.02. The van der Waals surface area contributed by atoms with E-state index in [-0.39, 0.29) is 0 Å². The van der Waals surface area contributed by atoms with Gasteiger partial charge in [-0.15, -0.1) is 11.3 Å². The molecule has 0 amide bonds. The van der Waals surface area contributed by atoms with Crippen molar-refractivity contribution in [3.63, 3.8) is 0 Å². The highest BCUT2D eigenvalue weighted by Gasteiger charge is 2.16. The Labute approximate surface area is 142 Å². The van der Waals surface area contributed by atoms with Crippen molar-refractivity contribution in [1.82, 2.24) is 14.4 Å². The summed E-state index contributed by atoms with van der Waals surface area (Å²) < 4.78 is 3.47. The molecule has 0 aliphatic carbocycles. The monoisotopic (exact) mass is 329 g/mol. The van der Waals surface area contributed by atoms with Crippen LogP contribution < -0.4 is 10.6 Å². The van der Waals surface area contributed by atoms with Crippen LogP contribution in [0.25, 0.3) is 49.1 Å². The highest BCUT2D eigenvalue weighted by molar-refractivity contribution is 7.25. The summed E-state index contributed by atoms with van der Waals surface area (Å²) in [5, 5.41) is 4.88. The van der Waals surface area contributed by atoms with E-state index in [1.807, 2.05) is 12.3 Å². The highest BCUT2D eigenvalue weighted by atomic mass is 32.1. The molecule has 0 aliphatic heterocycles. The standard InChI is InChI=1S/C20H15N3S/c1-3-12-13-8-5-6-9-14(13)19-22-18-17-16(10-7-11-21-17)24-20(18)23(19)15(12)4-2/h3-11H,1-2H3/b12-3-,15-4+. The summed E-state index contributed by atoms with van der Waals surface area (Å²) in [6.07, 6.45) is 6.21. The molecule has 3 nitrogen and oxygen atoms in total. The average molecular weight is 329 g/mol. The maximum Gasteiger partial charge on any atom is 0.147 e. The Balaban J connectivity index is 2.21. The molecule has 0 spiro atoms. The van der Waals surface area contributed by atoms with Crippen molar-refractivity contribution in [2.75, 3.05) is 0 Å². The number of thiophene rings is 1. The van der Waals surface area contributed by atoms with Crippen molar-refractivity contribution >= 4 is 60.5 Å². The second kappa shape index (κ2) is 4.89. The minimum atomic E-state index is 0.995. The summed E-state index contributed by atoms with van der Waals surface area (Å²) in [5.41, 5.74) is 3.00. The van der Waals surface area contributed by atoms with E-state index in [2.05, 4.69) is 65.7 Å². The Kier molecular flexibility index (Phi) is 2.79. The molecule has 4 heteroatoms. The first-order valence-corrected chi connectivity index (χ1v) is 8.84. The Morgan fingerprint density at radius 2 is 1.79 bits per heavy atom. The zero-order valence-corrected chi connectivity index (χ0v) is 14.3. The van der Waals surface area contributed by atoms with E-state index in [0.29, 0.717) is 0 Å². The van der Waals surface area contributed by atoms with E-state index in [1.54, 1.807) is 11.3 Å². The number of pyridine rings is 2. The smallest absolute Gasteiger partial charge is 0.147 e. The fourth-order valence-electron chi connectivity index (χ4n) is 3.57. The van der Waals surface area contributed by atoms with Gasteiger partial charge in [-0.05, 0) is 31.4 Å². The van der Waals surface area contributed by atoms with Crippen LogP contribution in [-0.4, -0.2) is 14.4 Å². The third kappa shape index (κ3) is 1.61. The normalized spacial score (nSPS) is 13.9. The van der Waals surface area contributed by atoms with Gasteiger partial charge in [0.25, 0.3) is 0 Å². The second-order valence-electron chi connectivity index (χ2n) is 5.80. The highest BCUT2D eigenvalue weighted by Crippen LogP contribution is 2.32. The van der Waals surface area contributed by atoms with Crippen molar-refractivity contribution in [1.29, 1.82) is 0 Å². The van der Waals surface area contributed by atoms with Gasteiger partial charge in [0.05, 0.1) is 10.0 Å². The van der Waals surface area contributed by atoms with Gasteiger partial charge in [0.2, 0.25) is 0 Å². The largest absolute Gasteiger partial charge is 0.283 e. The van der Waals surface area contributed by atoms with E-state index in [0.717, 1.165) is 16.7 Å². The molecule has 1 aromatic carbocycles. The summed E-state index contributed by atoms with van der Waals surface area (Å²) in [4.78, 5) is 10.7. The van der Waals surface area contributed by atoms with Crippen molar-refractivity contribution in [2.24, 2.45) is 0 Å². The van der Waals surface area contributed by atoms with Crippen LogP contribution in [0.15, 0.2) is 42.6 Å². The Hall–Kier alpha value is -2.72. The van der Waals surface area contributed by atoms with Gasteiger partial charge in [0.15, 0.2) is 0 Å². The van der Waals surface area contributed by atoms with Gasteiger partial charge in [-0.1, -0.05) is 36.4 Å². The SMILES string of the molecule is C/C=c1\c(=C/C)n2c(nc3c4ncccc4sc32)c2ccccc12. The molecule has 0 N–H and O–H groups in total. The zero-order chi connectivity index (χ0) is 16.3. The van der Waals surface area contributed by atoms with E-state index in [9.17, 15) is 0 Å². The fraction of sp³-hybridized carbons (Fsp3) is 0.100. The summed E-state index contributed by atoms with van der Waals surface area (Å²) in [6.45, 7) is 4.19. The van der Waals surface area contributed by atoms with E-state index < -0.39 is 0 Å². The molecule has 0 atom stereocenters. The van der Waals surface area contributed by atoms with Gasteiger partial charge in [-0.25, -0.2) is 4.98 Å². The number of fused-ring (bicyclic) bond motifs is 7. The first kappa shape index (κ1) is 13.7. The summed E-state index contributed by atoms with van der Waals surface area (Å²) in [6, 6.07) is 12.6. The lowest BCUT2D eigenvalue weighted by Gasteiger charge is -2.05. The van der Waals surface area contributed by atoms with Crippen LogP contribution in [0.2, 0.25) is 0 Å². The number of nitrogens with zero attached hydrogens (tertiary/aromatic N) is 3. The summed E-state index contributed by atoms with van der Waals surface area (Å²) in [7, 11) is 0. The number of rotatable bonds is 0. The van der Waals surface area contributed by atoms with Gasteiger partial charge >= 0.3 is 0 Å². The number of benzene rings is 1. The molecule has 0 aliphatic rings. The number of hydrogen-bond acceptors (Lipinski definition) is 3. The Morgan fingerprint density at radius 1 is 0.958 bits per heavy atom. The molecular weight excluding hydrogens is 314 g/mol. The molecule has 0 saturated carbocycles. The lowest BCUT2D eigenvalue weighted by atomic mass is 10.1. The lowest BCUT2D eigenvalue weighted by Crippen LogP contribution is -2.31. The van der Waals surface area contributed by atoms with Crippen LogP contribution in [-0.2, 0) is 0 Å². The maximum atomic E-state index is 4.99.